The SMILES string of the molecule is CCN(C)/C=N\c1ccc2c(c1)CN=S2(=O)Cc1ccccc1. The van der Waals surface area contributed by atoms with Crippen LogP contribution in [0.5, 0.6) is 0 Å². The predicted octanol–water partition coefficient (Wildman–Crippen LogP) is 3.84. The zero-order chi connectivity index (χ0) is 16.3. The summed E-state index contributed by atoms with van der Waals surface area (Å²) in [7, 11) is -0.371. The quantitative estimate of drug-likeness (QED) is 0.619. The molecule has 1 aliphatic rings. The smallest absolute Gasteiger partial charge is 0.0909 e. The molecule has 1 atom stereocenters. The Hall–Kier alpha value is -2.14. The Kier molecular flexibility index (Phi) is 4.48. The summed E-state index contributed by atoms with van der Waals surface area (Å²) >= 11 is 0. The molecule has 0 fully saturated rings. The molecule has 0 spiro atoms. The van der Waals surface area contributed by atoms with Crippen molar-refractivity contribution in [3.63, 3.8) is 0 Å². The fraction of sp³-hybridized carbons (Fsp3) is 0.278. The van der Waals surface area contributed by atoms with Crippen LogP contribution in [0.3, 0.4) is 0 Å². The van der Waals surface area contributed by atoms with Gasteiger partial charge in [0.1, 0.15) is 0 Å². The molecule has 1 unspecified atom stereocenters. The summed E-state index contributed by atoms with van der Waals surface area (Å²) in [4.78, 5) is 7.33. The van der Waals surface area contributed by atoms with Crippen LogP contribution in [-0.4, -0.2) is 29.0 Å². The van der Waals surface area contributed by atoms with Crippen molar-refractivity contribution < 1.29 is 4.21 Å². The summed E-state index contributed by atoms with van der Waals surface area (Å²) < 4.78 is 17.6. The molecule has 2 aromatic carbocycles. The molecule has 5 heteroatoms. The van der Waals surface area contributed by atoms with Crippen molar-refractivity contribution >= 4 is 21.8 Å². The maximum atomic E-state index is 13.2. The van der Waals surface area contributed by atoms with Crippen LogP contribution in [-0.2, 0) is 22.0 Å². The van der Waals surface area contributed by atoms with Gasteiger partial charge in [-0.2, -0.15) is 0 Å². The fourth-order valence-corrected chi connectivity index (χ4v) is 4.69. The second kappa shape index (κ2) is 6.54. The van der Waals surface area contributed by atoms with Crippen molar-refractivity contribution in [2.24, 2.45) is 9.36 Å². The molecule has 4 nitrogen and oxygen atoms in total. The van der Waals surface area contributed by atoms with Crippen LogP contribution in [0.2, 0.25) is 0 Å². The van der Waals surface area contributed by atoms with Gasteiger partial charge in [-0.15, -0.1) is 0 Å². The lowest BCUT2D eigenvalue weighted by molar-refractivity contribution is 0.552. The van der Waals surface area contributed by atoms with Gasteiger partial charge in [0.25, 0.3) is 0 Å². The van der Waals surface area contributed by atoms with Gasteiger partial charge in [-0.3, -0.25) is 0 Å². The Balaban J connectivity index is 1.85. The standard InChI is InChI=1S/C18H21N3OS/c1-3-21(2)14-19-17-9-10-18-16(11-17)12-20-23(18,22)13-15-7-5-4-6-8-15/h4-11,14H,3,12-13H2,1-2H3/b19-14-. The lowest BCUT2D eigenvalue weighted by atomic mass is 10.2. The van der Waals surface area contributed by atoms with Crippen LogP contribution in [0.25, 0.3) is 0 Å². The first-order valence-electron chi connectivity index (χ1n) is 7.72. The minimum absolute atomic E-state index is 0.474. The molecule has 0 aliphatic carbocycles. The lowest BCUT2D eigenvalue weighted by Gasteiger charge is -2.09. The number of aliphatic imine (C=N–C) groups is 1. The van der Waals surface area contributed by atoms with E-state index in [-0.39, 0.29) is 0 Å². The highest BCUT2D eigenvalue weighted by Gasteiger charge is 2.23. The molecule has 0 bridgehead atoms. The Bertz CT molecular complexity index is 837. The molecule has 2 aromatic rings. The average Bonchev–Trinajstić information content (AvgIpc) is 2.90. The molecule has 120 valence electrons. The van der Waals surface area contributed by atoms with Gasteiger partial charge in [-0.1, -0.05) is 30.3 Å². The van der Waals surface area contributed by atoms with Gasteiger partial charge in [-0.05, 0) is 36.2 Å². The van der Waals surface area contributed by atoms with E-state index in [0.717, 1.165) is 28.3 Å². The fourth-order valence-electron chi connectivity index (χ4n) is 2.49. The van der Waals surface area contributed by atoms with Gasteiger partial charge in [0.2, 0.25) is 0 Å². The summed E-state index contributed by atoms with van der Waals surface area (Å²) in [6, 6.07) is 15.7. The summed E-state index contributed by atoms with van der Waals surface area (Å²) in [6.07, 6.45) is 1.81. The molecule has 1 heterocycles. The Labute approximate surface area is 138 Å². The van der Waals surface area contributed by atoms with Crippen molar-refractivity contribution in [3.8, 4) is 0 Å². The molecule has 0 radical (unpaired) electrons. The van der Waals surface area contributed by atoms with E-state index in [1.54, 1.807) is 0 Å². The highest BCUT2D eigenvalue weighted by atomic mass is 32.2. The lowest BCUT2D eigenvalue weighted by Crippen LogP contribution is -2.14. The second-order valence-corrected chi connectivity index (χ2v) is 7.94. The Morgan fingerprint density at radius 3 is 2.78 bits per heavy atom. The first-order chi connectivity index (χ1) is 11.1. The van der Waals surface area contributed by atoms with E-state index in [1.165, 1.54) is 0 Å². The first-order valence-corrected chi connectivity index (χ1v) is 9.41. The zero-order valence-corrected chi connectivity index (χ0v) is 14.3. The molecule has 0 saturated carbocycles. The van der Waals surface area contributed by atoms with Gasteiger partial charge < -0.3 is 4.90 Å². The summed E-state index contributed by atoms with van der Waals surface area (Å²) in [5.74, 6) is 0.474. The van der Waals surface area contributed by atoms with Crippen LogP contribution in [0.15, 0.2) is 62.8 Å². The summed E-state index contributed by atoms with van der Waals surface area (Å²) in [6.45, 7) is 3.50. The van der Waals surface area contributed by atoms with Gasteiger partial charge in [-0.25, -0.2) is 13.6 Å². The number of hydrogen-bond donors (Lipinski definition) is 0. The largest absolute Gasteiger partial charge is 0.366 e. The third kappa shape index (κ3) is 3.45. The van der Waals surface area contributed by atoms with Crippen molar-refractivity contribution in [3.05, 3.63) is 59.7 Å². The third-order valence-electron chi connectivity index (χ3n) is 3.94. The van der Waals surface area contributed by atoms with E-state index >= 15 is 0 Å². The molecule has 0 aromatic heterocycles. The highest BCUT2D eigenvalue weighted by molar-refractivity contribution is 7.93. The van der Waals surface area contributed by atoms with Crippen LogP contribution in [0.1, 0.15) is 18.1 Å². The van der Waals surface area contributed by atoms with E-state index in [0.29, 0.717) is 12.3 Å². The van der Waals surface area contributed by atoms with E-state index in [1.807, 2.05) is 66.8 Å². The zero-order valence-electron chi connectivity index (χ0n) is 13.5. The molecule has 23 heavy (non-hydrogen) atoms. The van der Waals surface area contributed by atoms with E-state index in [9.17, 15) is 4.21 Å². The van der Waals surface area contributed by atoms with Gasteiger partial charge in [0.15, 0.2) is 0 Å². The van der Waals surface area contributed by atoms with E-state index in [4.69, 9.17) is 0 Å². The normalized spacial score (nSPS) is 19.6. The predicted molar refractivity (Wildman–Crippen MR) is 95.6 cm³/mol. The molecule has 0 amide bonds. The number of fused-ring (bicyclic) bond motifs is 1. The molecule has 3 rings (SSSR count). The maximum absolute atomic E-state index is 13.2. The van der Waals surface area contributed by atoms with Crippen LogP contribution in [0.4, 0.5) is 5.69 Å². The van der Waals surface area contributed by atoms with Crippen LogP contribution in [0, 0.1) is 0 Å². The van der Waals surface area contributed by atoms with Gasteiger partial charge in [0.05, 0.1) is 38.9 Å². The second-order valence-electron chi connectivity index (χ2n) is 5.67. The number of hydrogen-bond acceptors (Lipinski definition) is 3. The Morgan fingerprint density at radius 1 is 1.26 bits per heavy atom. The van der Waals surface area contributed by atoms with Crippen LogP contribution >= 0.6 is 0 Å². The number of rotatable bonds is 5. The van der Waals surface area contributed by atoms with Crippen molar-refractivity contribution in [1.29, 1.82) is 0 Å². The summed E-state index contributed by atoms with van der Waals surface area (Å²) in [5, 5.41) is 0. The minimum Gasteiger partial charge on any atom is -0.366 e. The van der Waals surface area contributed by atoms with Crippen molar-refractivity contribution in [2.75, 3.05) is 13.6 Å². The van der Waals surface area contributed by atoms with Crippen molar-refractivity contribution in [2.45, 2.75) is 24.1 Å². The summed E-state index contributed by atoms with van der Waals surface area (Å²) in [5.41, 5.74) is 2.96. The van der Waals surface area contributed by atoms with Crippen LogP contribution < -0.4 is 0 Å². The Morgan fingerprint density at radius 2 is 2.04 bits per heavy atom. The van der Waals surface area contributed by atoms with E-state index in [2.05, 4.69) is 16.3 Å². The molecule has 0 saturated heterocycles. The molecular formula is C18H21N3OS. The highest BCUT2D eigenvalue weighted by Crippen LogP contribution is 2.32. The molecule has 1 aliphatic heterocycles. The average molecular weight is 327 g/mol. The minimum atomic E-state index is -2.36. The number of nitrogens with zero attached hydrogens (tertiary/aromatic N) is 3. The molecular weight excluding hydrogens is 306 g/mol. The van der Waals surface area contributed by atoms with Crippen molar-refractivity contribution in [1.82, 2.24) is 4.90 Å². The third-order valence-corrected chi connectivity index (χ3v) is 6.30. The number of benzene rings is 2. The monoisotopic (exact) mass is 327 g/mol. The van der Waals surface area contributed by atoms with Gasteiger partial charge >= 0.3 is 0 Å². The first kappa shape index (κ1) is 15.7. The maximum Gasteiger partial charge on any atom is 0.0909 e. The van der Waals surface area contributed by atoms with E-state index < -0.39 is 9.73 Å². The van der Waals surface area contributed by atoms with Gasteiger partial charge in [0, 0.05) is 13.6 Å². The topological polar surface area (TPSA) is 45.0 Å². The molecule has 0 N–H and O–H groups in total.